The summed E-state index contributed by atoms with van der Waals surface area (Å²) in [5.41, 5.74) is 2.59. The van der Waals surface area contributed by atoms with Crippen LogP contribution in [0.25, 0.3) is 5.57 Å². The standard InChI is InChI=1S/C33H28FN3O5S/c1-18(2)42-32(40)26-19(3)35-33-37(28(26)20-13-15-22(41-4)16-14-20)31(39)29(43-33)27-23-10-6-8-12-25(23)36(30(27)38)17-21-9-5-7-11-24(21)34/h5-16,18,28H,17H2,1-4H3/b29-27-. The lowest BCUT2D eigenvalue weighted by atomic mass is 9.95. The molecule has 6 rings (SSSR count). The van der Waals surface area contributed by atoms with Crippen LogP contribution < -0.4 is 24.5 Å². The number of fused-ring (bicyclic) bond motifs is 2. The average Bonchev–Trinajstić information content (AvgIpc) is 3.45. The number of ether oxygens (including phenoxy) is 2. The Morgan fingerprint density at radius 1 is 1.02 bits per heavy atom. The number of nitrogens with zero attached hydrogens (tertiary/aromatic N) is 3. The number of methoxy groups -OCH3 is 1. The summed E-state index contributed by atoms with van der Waals surface area (Å²) in [6.07, 6.45) is -0.385. The molecule has 4 aromatic rings. The van der Waals surface area contributed by atoms with Crippen molar-refractivity contribution in [3.8, 4) is 5.75 Å². The fourth-order valence-electron chi connectivity index (χ4n) is 5.47. The van der Waals surface area contributed by atoms with Crippen molar-refractivity contribution in [2.45, 2.75) is 39.5 Å². The number of para-hydroxylation sites is 1. The van der Waals surface area contributed by atoms with E-state index in [0.717, 1.165) is 11.3 Å². The number of carbonyl (C=O) groups is 2. The molecular weight excluding hydrogens is 569 g/mol. The maximum absolute atomic E-state index is 14.6. The van der Waals surface area contributed by atoms with Crippen molar-refractivity contribution in [1.82, 2.24) is 4.57 Å². The predicted molar refractivity (Wildman–Crippen MR) is 161 cm³/mol. The molecule has 0 radical (unpaired) electrons. The van der Waals surface area contributed by atoms with Crippen LogP contribution in [0.1, 0.15) is 43.5 Å². The zero-order valence-electron chi connectivity index (χ0n) is 24.0. The molecule has 3 heterocycles. The number of amides is 1. The highest BCUT2D eigenvalue weighted by molar-refractivity contribution is 7.07. The third-order valence-electron chi connectivity index (χ3n) is 7.43. The number of carbonyl (C=O) groups excluding carboxylic acids is 2. The van der Waals surface area contributed by atoms with Gasteiger partial charge in [0.25, 0.3) is 11.5 Å². The number of thiazole rings is 1. The van der Waals surface area contributed by atoms with Crippen LogP contribution in [0.5, 0.6) is 5.75 Å². The fourth-order valence-corrected chi connectivity index (χ4v) is 6.60. The number of benzene rings is 3. The topological polar surface area (TPSA) is 90.2 Å². The van der Waals surface area contributed by atoms with E-state index < -0.39 is 29.3 Å². The molecule has 3 aromatic carbocycles. The summed E-state index contributed by atoms with van der Waals surface area (Å²) in [7, 11) is 1.56. The number of aromatic nitrogens is 1. The lowest BCUT2D eigenvalue weighted by molar-refractivity contribution is -0.143. The normalized spacial score (nSPS) is 17.1. The van der Waals surface area contributed by atoms with Crippen LogP contribution in [0.2, 0.25) is 0 Å². The lowest BCUT2D eigenvalue weighted by Crippen LogP contribution is -2.41. The van der Waals surface area contributed by atoms with Crippen LogP contribution >= 0.6 is 11.3 Å². The summed E-state index contributed by atoms with van der Waals surface area (Å²) in [4.78, 5) is 48.2. The maximum Gasteiger partial charge on any atom is 0.338 e. The zero-order valence-corrected chi connectivity index (χ0v) is 24.8. The molecule has 0 bridgehead atoms. The van der Waals surface area contributed by atoms with Crippen LogP contribution in [0.15, 0.2) is 93.9 Å². The molecule has 0 fully saturated rings. The molecule has 1 aromatic heterocycles. The Hall–Kier alpha value is -4.83. The summed E-state index contributed by atoms with van der Waals surface area (Å²) in [6, 6.07) is 19.7. The molecule has 1 unspecified atom stereocenters. The number of esters is 1. The van der Waals surface area contributed by atoms with E-state index in [1.807, 2.05) is 0 Å². The summed E-state index contributed by atoms with van der Waals surface area (Å²) < 4.78 is 27.1. The first-order valence-electron chi connectivity index (χ1n) is 13.7. The molecule has 0 saturated carbocycles. The van der Waals surface area contributed by atoms with Crippen molar-refractivity contribution in [3.05, 3.63) is 126 Å². The van der Waals surface area contributed by atoms with Crippen molar-refractivity contribution in [2.75, 3.05) is 12.0 Å². The van der Waals surface area contributed by atoms with Gasteiger partial charge in [-0.3, -0.25) is 14.2 Å². The van der Waals surface area contributed by atoms with Gasteiger partial charge in [0.1, 0.15) is 16.1 Å². The molecule has 1 amide bonds. The van der Waals surface area contributed by atoms with Crippen LogP contribution in [-0.4, -0.2) is 29.7 Å². The molecule has 1 atom stereocenters. The maximum atomic E-state index is 14.6. The number of halogens is 1. The third-order valence-corrected chi connectivity index (χ3v) is 8.48. The molecule has 0 saturated heterocycles. The Kier molecular flexibility index (Phi) is 7.31. The number of hydrogen-bond donors (Lipinski definition) is 0. The first-order chi connectivity index (χ1) is 20.7. The van der Waals surface area contributed by atoms with E-state index in [2.05, 4.69) is 4.99 Å². The predicted octanol–water partition coefficient (Wildman–Crippen LogP) is 4.25. The largest absolute Gasteiger partial charge is 0.497 e. The Morgan fingerprint density at radius 3 is 2.42 bits per heavy atom. The van der Waals surface area contributed by atoms with Gasteiger partial charge in [-0.15, -0.1) is 0 Å². The Labute approximate surface area is 250 Å². The average molecular weight is 598 g/mol. The summed E-state index contributed by atoms with van der Waals surface area (Å²) in [5.74, 6) is -0.788. The van der Waals surface area contributed by atoms with Gasteiger partial charge in [-0.25, -0.2) is 14.2 Å². The monoisotopic (exact) mass is 597 g/mol. The molecule has 0 N–H and O–H groups in total. The van der Waals surface area contributed by atoms with Crippen LogP contribution in [0.3, 0.4) is 0 Å². The van der Waals surface area contributed by atoms with Crippen molar-refractivity contribution in [1.29, 1.82) is 0 Å². The van der Waals surface area contributed by atoms with E-state index in [1.54, 1.807) is 94.6 Å². The van der Waals surface area contributed by atoms with Crippen molar-refractivity contribution in [2.24, 2.45) is 4.99 Å². The van der Waals surface area contributed by atoms with E-state index in [-0.39, 0.29) is 28.3 Å². The molecule has 10 heteroatoms. The molecular formula is C33H28FN3O5S. The highest BCUT2D eigenvalue weighted by Gasteiger charge is 2.37. The molecule has 2 aliphatic rings. The van der Waals surface area contributed by atoms with Gasteiger partial charge in [0.05, 0.1) is 48.3 Å². The van der Waals surface area contributed by atoms with Gasteiger partial charge < -0.3 is 14.4 Å². The minimum atomic E-state index is -0.843. The summed E-state index contributed by atoms with van der Waals surface area (Å²) >= 11 is 1.09. The van der Waals surface area contributed by atoms with Crippen LogP contribution in [0, 0.1) is 5.82 Å². The second-order valence-corrected chi connectivity index (χ2v) is 11.5. The highest BCUT2D eigenvalue weighted by atomic mass is 32.1. The first kappa shape index (κ1) is 28.3. The fraction of sp³-hybridized carbons (Fsp3) is 0.212. The van der Waals surface area contributed by atoms with Gasteiger partial charge in [0.15, 0.2) is 4.80 Å². The summed E-state index contributed by atoms with van der Waals surface area (Å²) in [5, 5.41) is 0. The third kappa shape index (κ3) is 4.87. The molecule has 43 heavy (non-hydrogen) atoms. The van der Waals surface area contributed by atoms with E-state index >= 15 is 0 Å². The highest BCUT2D eigenvalue weighted by Crippen LogP contribution is 2.37. The van der Waals surface area contributed by atoms with Gasteiger partial charge in [-0.05, 0) is 50.6 Å². The quantitative estimate of drug-likeness (QED) is 0.310. The van der Waals surface area contributed by atoms with Gasteiger partial charge in [-0.1, -0.05) is 59.9 Å². The number of anilines is 1. The van der Waals surface area contributed by atoms with Gasteiger partial charge in [-0.2, -0.15) is 0 Å². The first-order valence-corrected chi connectivity index (χ1v) is 14.6. The van der Waals surface area contributed by atoms with Crippen molar-refractivity contribution >= 4 is 34.5 Å². The smallest absolute Gasteiger partial charge is 0.338 e. The van der Waals surface area contributed by atoms with Crippen LogP contribution in [-0.2, 0) is 20.9 Å². The molecule has 218 valence electrons. The molecule has 0 spiro atoms. The Morgan fingerprint density at radius 2 is 1.72 bits per heavy atom. The molecule has 0 aliphatic carbocycles. The van der Waals surface area contributed by atoms with Crippen molar-refractivity contribution < 1.29 is 23.5 Å². The molecule has 8 nitrogen and oxygen atoms in total. The van der Waals surface area contributed by atoms with E-state index in [9.17, 15) is 18.8 Å². The number of hydrogen-bond acceptors (Lipinski definition) is 7. The second kappa shape index (κ2) is 11.1. The lowest BCUT2D eigenvalue weighted by Gasteiger charge is -2.25. The van der Waals surface area contributed by atoms with E-state index in [4.69, 9.17) is 9.47 Å². The second-order valence-electron chi connectivity index (χ2n) is 10.5. The van der Waals surface area contributed by atoms with Crippen molar-refractivity contribution in [3.63, 3.8) is 0 Å². The van der Waals surface area contributed by atoms with E-state index in [0.29, 0.717) is 38.6 Å². The molecule has 2 aliphatic heterocycles. The Balaban J connectivity index is 1.57. The minimum absolute atomic E-state index is 0.00312. The summed E-state index contributed by atoms with van der Waals surface area (Å²) in [6.45, 7) is 5.22. The number of rotatable bonds is 6. The van der Waals surface area contributed by atoms with Gasteiger partial charge >= 0.3 is 5.97 Å². The Bertz CT molecular complexity index is 1990. The van der Waals surface area contributed by atoms with Crippen LogP contribution in [0.4, 0.5) is 10.1 Å². The van der Waals surface area contributed by atoms with Gasteiger partial charge in [0.2, 0.25) is 0 Å². The number of allylic oxidation sites excluding steroid dienone is 1. The van der Waals surface area contributed by atoms with Gasteiger partial charge in [0, 0.05) is 11.1 Å². The van der Waals surface area contributed by atoms with E-state index in [1.165, 1.54) is 15.5 Å². The SMILES string of the molecule is COc1ccc(C2C(C(=O)OC(C)C)=C(C)N=c3s/c(=C4\C(=O)N(Cc5ccccc5F)c5ccccc54)c(=O)n32)cc1. The minimum Gasteiger partial charge on any atom is -0.497 e. The zero-order chi connectivity index (χ0) is 30.4.